The third-order valence-electron chi connectivity index (χ3n) is 6.31. The molecule has 3 heterocycles. The van der Waals surface area contributed by atoms with Crippen LogP contribution in [0.3, 0.4) is 0 Å². The molecule has 5 aromatic rings. The molecule has 0 aliphatic heterocycles. The molecule has 0 saturated heterocycles. The van der Waals surface area contributed by atoms with Crippen molar-refractivity contribution in [1.29, 1.82) is 0 Å². The number of aromatic nitrogens is 3. The Labute approximate surface area is 229 Å². The quantitative estimate of drug-likeness (QED) is 0.247. The Morgan fingerprint density at radius 2 is 1.71 bits per heavy atom. The summed E-state index contributed by atoms with van der Waals surface area (Å²) in [6.07, 6.45) is 3.53. The van der Waals surface area contributed by atoms with Crippen molar-refractivity contribution in [3.05, 3.63) is 99.9 Å². The van der Waals surface area contributed by atoms with E-state index in [1.54, 1.807) is 0 Å². The standard InChI is InChI=1S/C29H29N5O2S2/c1-20-25(34-18-19-37-29(34)31-20)27(35)30-15-17-33(16-9-12-22-10-5-3-6-11-22)28(36)24-26(38-21(2)32-24)23-13-7-4-8-14-23/h3-8,10-11,13-14,18-19H,9,12,15-17H2,1-2H3,(H,30,35). The topological polar surface area (TPSA) is 79.6 Å². The summed E-state index contributed by atoms with van der Waals surface area (Å²) < 4.78 is 1.81. The maximum absolute atomic E-state index is 13.8. The van der Waals surface area contributed by atoms with Crippen LogP contribution in [0.4, 0.5) is 0 Å². The first-order valence-corrected chi connectivity index (χ1v) is 14.3. The Morgan fingerprint density at radius 1 is 0.974 bits per heavy atom. The lowest BCUT2D eigenvalue weighted by Gasteiger charge is -2.23. The highest BCUT2D eigenvalue weighted by molar-refractivity contribution is 7.15. The van der Waals surface area contributed by atoms with Gasteiger partial charge in [-0.3, -0.25) is 14.0 Å². The van der Waals surface area contributed by atoms with Gasteiger partial charge in [0, 0.05) is 31.2 Å². The van der Waals surface area contributed by atoms with Gasteiger partial charge in [-0.25, -0.2) is 9.97 Å². The number of fused-ring (bicyclic) bond motifs is 1. The van der Waals surface area contributed by atoms with Crippen LogP contribution in [0.5, 0.6) is 0 Å². The van der Waals surface area contributed by atoms with Gasteiger partial charge in [0.1, 0.15) is 11.4 Å². The molecule has 5 rings (SSSR count). The zero-order valence-corrected chi connectivity index (χ0v) is 23.0. The van der Waals surface area contributed by atoms with E-state index in [1.165, 1.54) is 28.2 Å². The number of rotatable bonds is 10. The fourth-order valence-electron chi connectivity index (χ4n) is 4.50. The van der Waals surface area contributed by atoms with Crippen LogP contribution in [-0.2, 0) is 6.42 Å². The van der Waals surface area contributed by atoms with Crippen LogP contribution in [0.2, 0.25) is 0 Å². The third-order valence-corrected chi connectivity index (χ3v) is 8.09. The number of thiazole rings is 2. The lowest BCUT2D eigenvalue weighted by molar-refractivity contribution is 0.0742. The highest BCUT2D eigenvalue weighted by Gasteiger charge is 2.24. The number of nitrogens with zero attached hydrogens (tertiary/aromatic N) is 4. The van der Waals surface area contributed by atoms with Crippen LogP contribution in [-0.4, -0.2) is 50.7 Å². The SMILES string of the molecule is Cc1nc(C(=O)N(CCCc2ccccc2)CCNC(=O)c2c(C)nc3sccn23)c(-c2ccccc2)s1. The minimum absolute atomic E-state index is 0.115. The molecule has 2 aromatic carbocycles. The van der Waals surface area contributed by atoms with Crippen molar-refractivity contribution in [3.63, 3.8) is 0 Å². The van der Waals surface area contributed by atoms with Gasteiger partial charge >= 0.3 is 0 Å². The molecule has 1 N–H and O–H groups in total. The zero-order chi connectivity index (χ0) is 26.5. The van der Waals surface area contributed by atoms with Crippen molar-refractivity contribution < 1.29 is 9.59 Å². The number of aryl methyl sites for hydroxylation is 3. The van der Waals surface area contributed by atoms with Gasteiger partial charge in [0.05, 0.1) is 15.6 Å². The maximum atomic E-state index is 13.8. The van der Waals surface area contributed by atoms with Crippen LogP contribution in [0, 0.1) is 13.8 Å². The average molecular weight is 544 g/mol. The van der Waals surface area contributed by atoms with Crippen molar-refractivity contribution in [2.45, 2.75) is 26.7 Å². The largest absolute Gasteiger partial charge is 0.349 e. The highest BCUT2D eigenvalue weighted by Crippen LogP contribution is 2.31. The van der Waals surface area contributed by atoms with E-state index >= 15 is 0 Å². The number of benzene rings is 2. The Hall–Kier alpha value is -3.82. The summed E-state index contributed by atoms with van der Waals surface area (Å²) in [7, 11) is 0. The van der Waals surface area contributed by atoms with Crippen molar-refractivity contribution in [2.75, 3.05) is 19.6 Å². The molecule has 9 heteroatoms. The van der Waals surface area contributed by atoms with E-state index < -0.39 is 0 Å². The van der Waals surface area contributed by atoms with Crippen molar-refractivity contribution >= 4 is 39.4 Å². The number of imidazole rings is 1. The van der Waals surface area contributed by atoms with Gasteiger partial charge < -0.3 is 10.2 Å². The van der Waals surface area contributed by atoms with E-state index in [0.717, 1.165) is 33.3 Å². The third kappa shape index (κ3) is 5.69. The molecule has 2 amide bonds. The summed E-state index contributed by atoms with van der Waals surface area (Å²) in [5.41, 5.74) is 3.91. The van der Waals surface area contributed by atoms with Crippen LogP contribution in [0.1, 0.15) is 43.7 Å². The summed E-state index contributed by atoms with van der Waals surface area (Å²) >= 11 is 3.02. The second-order valence-corrected chi connectivity index (χ2v) is 11.1. The van der Waals surface area contributed by atoms with Crippen LogP contribution in [0.25, 0.3) is 15.4 Å². The van der Waals surface area contributed by atoms with Gasteiger partial charge in [0.15, 0.2) is 4.96 Å². The number of nitrogens with one attached hydrogen (secondary N) is 1. The maximum Gasteiger partial charge on any atom is 0.274 e. The fourth-order valence-corrected chi connectivity index (χ4v) is 6.17. The van der Waals surface area contributed by atoms with Gasteiger partial charge in [0.25, 0.3) is 11.8 Å². The molecule has 0 aliphatic rings. The molecular weight excluding hydrogens is 514 g/mol. The number of amides is 2. The average Bonchev–Trinajstić information content (AvgIpc) is 3.62. The summed E-state index contributed by atoms with van der Waals surface area (Å²) in [5, 5.41) is 5.75. The number of hydrogen-bond acceptors (Lipinski definition) is 6. The molecule has 0 bridgehead atoms. The predicted molar refractivity (Wildman–Crippen MR) is 153 cm³/mol. The van der Waals surface area contributed by atoms with E-state index in [9.17, 15) is 9.59 Å². The Bertz CT molecular complexity index is 1540. The monoisotopic (exact) mass is 543 g/mol. The van der Waals surface area contributed by atoms with Crippen molar-refractivity contribution in [1.82, 2.24) is 24.6 Å². The highest BCUT2D eigenvalue weighted by atomic mass is 32.1. The summed E-state index contributed by atoms with van der Waals surface area (Å²) in [6.45, 7) is 5.04. The Morgan fingerprint density at radius 3 is 2.47 bits per heavy atom. The first-order chi connectivity index (χ1) is 18.5. The predicted octanol–water partition coefficient (Wildman–Crippen LogP) is 5.64. The second kappa shape index (κ2) is 11.7. The number of carbonyl (C=O) groups is 2. The first-order valence-electron chi connectivity index (χ1n) is 12.6. The van der Waals surface area contributed by atoms with Crippen LogP contribution >= 0.6 is 22.7 Å². The van der Waals surface area contributed by atoms with E-state index in [2.05, 4.69) is 27.4 Å². The summed E-state index contributed by atoms with van der Waals surface area (Å²) in [4.78, 5) is 39.4. The molecular formula is C29H29N5O2S2. The van der Waals surface area contributed by atoms with E-state index in [-0.39, 0.29) is 11.8 Å². The molecule has 0 saturated carbocycles. The molecule has 0 fully saturated rings. The minimum atomic E-state index is -0.195. The van der Waals surface area contributed by atoms with Crippen molar-refractivity contribution in [2.24, 2.45) is 0 Å². The van der Waals surface area contributed by atoms with Gasteiger partial charge in [0.2, 0.25) is 0 Å². The van der Waals surface area contributed by atoms with Gasteiger partial charge in [-0.2, -0.15) is 0 Å². The van der Waals surface area contributed by atoms with Gasteiger partial charge in [-0.05, 0) is 37.8 Å². The molecule has 194 valence electrons. The lowest BCUT2D eigenvalue weighted by Crippen LogP contribution is -2.40. The van der Waals surface area contributed by atoms with Crippen molar-refractivity contribution in [3.8, 4) is 10.4 Å². The van der Waals surface area contributed by atoms with E-state index in [4.69, 9.17) is 0 Å². The van der Waals surface area contributed by atoms with Gasteiger partial charge in [-0.15, -0.1) is 22.7 Å². The van der Waals surface area contributed by atoms with Crippen LogP contribution in [0.15, 0.2) is 72.2 Å². The Balaban J connectivity index is 1.32. The normalized spacial score (nSPS) is 11.1. The molecule has 0 spiro atoms. The molecule has 38 heavy (non-hydrogen) atoms. The Kier molecular flexibility index (Phi) is 7.95. The van der Waals surface area contributed by atoms with Gasteiger partial charge in [-0.1, -0.05) is 60.7 Å². The van der Waals surface area contributed by atoms with Crippen LogP contribution < -0.4 is 5.32 Å². The molecule has 0 aliphatic carbocycles. The number of carbonyl (C=O) groups excluding carboxylic acids is 2. The molecule has 0 radical (unpaired) electrons. The second-order valence-electron chi connectivity index (χ2n) is 9.02. The zero-order valence-electron chi connectivity index (χ0n) is 21.4. The number of hydrogen-bond donors (Lipinski definition) is 1. The van der Waals surface area contributed by atoms with E-state index in [0.29, 0.717) is 36.7 Å². The minimum Gasteiger partial charge on any atom is -0.349 e. The molecule has 3 aromatic heterocycles. The molecule has 0 atom stereocenters. The lowest BCUT2D eigenvalue weighted by atomic mass is 10.1. The smallest absolute Gasteiger partial charge is 0.274 e. The fraction of sp³-hybridized carbons (Fsp3) is 0.241. The summed E-state index contributed by atoms with van der Waals surface area (Å²) in [5.74, 6) is -0.309. The summed E-state index contributed by atoms with van der Waals surface area (Å²) in [6, 6.07) is 20.2. The first kappa shape index (κ1) is 25.8. The van der Waals surface area contributed by atoms with E-state index in [1.807, 2.05) is 83.3 Å². The molecule has 0 unspecified atom stereocenters. The molecule has 7 nitrogen and oxygen atoms in total.